The average Bonchev–Trinajstić information content (AvgIpc) is 3.10. The molecule has 0 atom stereocenters. The van der Waals surface area contributed by atoms with Crippen molar-refractivity contribution in [2.75, 3.05) is 14.2 Å². The molecule has 0 aliphatic carbocycles. The Morgan fingerprint density at radius 2 is 1.79 bits per heavy atom. The van der Waals surface area contributed by atoms with Gasteiger partial charge >= 0.3 is 12.0 Å². The lowest BCUT2D eigenvalue weighted by Gasteiger charge is -2.02. The summed E-state index contributed by atoms with van der Waals surface area (Å²) in [5.74, 6) is 1.84. The van der Waals surface area contributed by atoms with E-state index in [9.17, 15) is 0 Å². The summed E-state index contributed by atoms with van der Waals surface area (Å²) < 4.78 is 14.2. The molecule has 0 radical (unpaired) electrons. The number of methoxy groups -OCH3 is 2. The molecule has 0 bridgehead atoms. The second kappa shape index (κ2) is 7.74. The molecule has 3 rings (SSSR count). The second-order valence-electron chi connectivity index (χ2n) is 4.83. The molecular formula is C16H18ClN5O2. The lowest BCUT2D eigenvalue weighted by atomic mass is 10.2. The van der Waals surface area contributed by atoms with E-state index in [1.54, 1.807) is 14.2 Å². The summed E-state index contributed by atoms with van der Waals surface area (Å²) in [5.41, 5.74) is 0.864. The summed E-state index contributed by atoms with van der Waals surface area (Å²) in [5, 5.41) is 0. The monoisotopic (exact) mass is 347 g/mol. The van der Waals surface area contributed by atoms with Crippen molar-refractivity contribution >= 4 is 0 Å². The molecule has 0 amide bonds. The molecule has 0 aliphatic heterocycles. The first-order valence-electron chi connectivity index (χ1n) is 7.25. The van der Waals surface area contributed by atoms with Gasteiger partial charge in [-0.05, 0) is 36.2 Å². The van der Waals surface area contributed by atoms with Crippen molar-refractivity contribution in [1.29, 1.82) is 0 Å². The Bertz CT molecular complexity index is 804. The number of hydrogen-bond donors (Lipinski definition) is 0. The maximum Gasteiger partial charge on any atom is 0.396 e. The highest BCUT2D eigenvalue weighted by molar-refractivity contribution is 5.56. The van der Waals surface area contributed by atoms with Crippen LogP contribution in [0.15, 0.2) is 43.0 Å². The SMILES string of the molecule is CCn1cc[n+](-c2nc(OC)nc(-c3ccc(OC)cc3)n2)c1.[Cl-]. The predicted octanol–water partition coefficient (Wildman–Crippen LogP) is -1.34. The van der Waals surface area contributed by atoms with Crippen LogP contribution >= 0.6 is 0 Å². The van der Waals surface area contributed by atoms with Crippen molar-refractivity contribution in [1.82, 2.24) is 19.5 Å². The molecule has 0 saturated heterocycles. The van der Waals surface area contributed by atoms with Gasteiger partial charge in [-0.3, -0.25) is 4.57 Å². The standard InChI is InChI=1S/C16H18N5O2.ClH/c1-4-20-9-10-21(11-20)15-17-14(18-16(19-15)23-3)12-5-7-13(22-2)8-6-12;/h5-11H,4H2,1-3H3;1H/q+1;/p-1. The van der Waals surface area contributed by atoms with E-state index in [2.05, 4.69) is 21.9 Å². The Labute approximate surface area is 146 Å². The number of benzene rings is 1. The van der Waals surface area contributed by atoms with E-state index in [1.165, 1.54) is 0 Å². The Hall–Kier alpha value is -2.67. The number of imidazole rings is 1. The lowest BCUT2D eigenvalue weighted by Crippen LogP contribution is -3.00. The van der Waals surface area contributed by atoms with E-state index in [-0.39, 0.29) is 18.4 Å². The molecule has 0 unspecified atom stereocenters. The first-order chi connectivity index (χ1) is 11.2. The van der Waals surface area contributed by atoms with Gasteiger partial charge in [0.2, 0.25) is 5.82 Å². The highest BCUT2D eigenvalue weighted by Gasteiger charge is 2.18. The minimum Gasteiger partial charge on any atom is -1.00 e. The van der Waals surface area contributed by atoms with Crippen LogP contribution in [0.5, 0.6) is 11.8 Å². The summed E-state index contributed by atoms with van der Waals surface area (Å²) in [4.78, 5) is 13.2. The van der Waals surface area contributed by atoms with Crippen molar-refractivity contribution in [3.05, 3.63) is 43.0 Å². The number of aryl methyl sites for hydroxylation is 1. The van der Waals surface area contributed by atoms with E-state index in [0.717, 1.165) is 17.9 Å². The third kappa shape index (κ3) is 3.62. The predicted molar refractivity (Wildman–Crippen MR) is 83.6 cm³/mol. The van der Waals surface area contributed by atoms with Crippen LogP contribution in [0.2, 0.25) is 0 Å². The molecule has 24 heavy (non-hydrogen) atoms. The van der Waals surface area contributed by atoms with Gasteiger partial charge in [0, 0.05) is 5.56 Å². The molecule has 8 heteroatoms. The first kappa shape index (κ1) is 17.7. The van der Waals surface area contributed by atoms with Gasteiger partial charge in [0.05, 0.1) is 33.2 Å². The number of ether oxygens (including phenoxy) is 2. The second-order valence-corrected chi connectivity index (χ2v) is 4.83. The van der Waals surface area contributed by atoms with Gasteiger partial charge in [0.15, 0.2) is 6.33 Å². The number of hydrogen-bond acceptors (Lipinski definition) is 5. The van der Waals surface area contributed by atoms with Crippen molar-refractivity contribution in [3.8, 4) is 29.1 Å². The third-order valence-electron chi connectivity index (χ3n) is 3.42. The maximum absolute atomic E-state index is 5.21. The van der Waals surface area contributed by atoms with Crippen LogP contribution < -0.4 is 26.4 Å². The quantitative estimate of drug-likeness (QED) is 0.534. The fourth-order valence-corrected chi connectivity index (χ4v) is 2.12. The summed E-state index contributed by atoms with van der Waals surface area (Å²) in [6.07, 6.45) is 5.78. The third-order valence-corrected chi connectivity index (χ3v) is 3.42. The average molecular weight is 348 g/mol. The highest BCUT2D eigenvalue weighted by Crippen LogP contribution is 2.20. The van der Waals surface area contributed by atoms with Crippen LogP contribution in [-0.2, 0) is 6.54 Å². The number of nitrogens with zero attached hydrogens (tertiary/aromatic N) is 5. The topological polar surface area (TPSA) is 65.9 Å². The van der Waals surface area contributed by atoms with Crippen LogP contribution in [0.3, 0.4) is 0 Å². The number of halogens is 1. The zero-order valence-electron chi connectivity index (χ0n) is 13.7. The van der Waals surface area contributed by atoms with Crippen molar-refractivity contribution in [2.45, 2.75) is 13.5 Å². The van der Waals surface area contributed by atoms with Gasteiger partial charge in [0.25, 0.3) is 0 Å². The Morgan fingerprint density at radius 1 is 1.04 bits per heavy atom. The van der Waals surface area contributed by atoms with Crippen molar-refractivity contribution < 1.29 is 26.4 Å². The molecule has 0 fully saturated rings. The molecule has 7 nitrogen and oxygen atoms in total. The van der Waals surface area contributed by atoms with E-state index in [0.29, 0.717) is 11.8 Å². The van der Waals surface area contributed by atoms with Crippen LogP contribution in [0.25, 0.3) is 17.3 Å². The normalized spacial score (nSPS) is 10.1. The summed E-state index contributed by atoms with van der Waals surface area (Å²) in [7, 11) is 3.17. The van der Waals surface area contributed by atoms with Gasteiger partial charge in [0.1, 0.15) is 5.75 Å². The molecule has 0 saturated carbocycles. The van der Waals surface area contributed by atoms with E-state index in [1.807, 2.05) is 52.1 Å². The molecule has 0 aliphatic rings. The van der Waals surface area contributed by atoms with Gasteiger partial charge in [-0.15, -0.1) is 0 Å². The Morgan fingerprint density at radius 3 is 2.38 bits per heavy atom. The molecule has 2 aromatic heterocycles. The molecule has 1 aromatic carbocycles. The number of aromatic nitrogens is 5. The minimum absolute atomic E-state index is 0. The molecule has 0 spiro atoms. The zero-order chi connectivity index (χ0) is 16.2. The van der Waals surface area contributed by atoms with Crippen LogP contribution in [-0.4, -0.2) is 33.7 Å². The van der Waals surface area contributed by atoms with Gasteiger partial charge in [-0.1, -0.05) is 4.98 Å². The number of rotatable bonds is 5. The lowest BCUT2D eigenvalue weighted by molar-refractivity contribution is -0.603. The summed E-state index contributed by atoms with van der Waals surface area (Å²) >= 11 is 0. The van der Waals surface area contributed by atoms with Gasteiger partial charge < -0.3 is 21.9 Å². The maximum atomic E-state index is 5.21. The van der Waals surface area contributed by atoms with E-state index < -0.39 is 0 Å². The molecule has 0 N–H and O–H groups in total. The Kier molecular flexibility index (Phi) is 5.70. The van der Waals surface area contributed by atoms with Crippen molar-refractivity contribution in [3.63, 3.8) is 0 Å². The summed E-state index contributed by atoms with van der Waals surface area (Å²) in [6, 6.07) is 7.81. The van der Waals surface area contributed by atoms with Crippen LogP contribution in [0.1, 0.15) is 6.92 Å². The zero-order valence-corrected chi connectivity index (χ0v) is 14.4. The van der Waals surface area contributed by atoms with Gasteiger partial charge in [-0.25, -0.2) is 0 Å². The first-order valence-corrected chi connectivity index (χ1v) is 7.25. The highest BCUT2D eigenvalue weighted by atomic mass is 35.5. The van der Waals surface area contributed by atoms with Gasteiger partial charge in [-0.2, -0.15) is 9.55 Å². The molecule has 2 heterocycles. The molecule has 126 valence electrons. The van der Waals surface area contributed by atoms with Crippen molar-refractivity contribution in [2.24, 2.45) is 0 Å². The van der Waals surface area contributed by atoms with E-state index in [4.69, 9.17) is 9.47 Å². The van der Waals surface area contributed by atoms with E-state index >= 15 is 0 Å². The molecule has 3 aromatic rings. The van der Waals surface area contributed by atoms with Crippen LogP contribution in [0, 0.1) is 0 Å². The smallest absolute Gasteiger partial charge is 0.396 e. The Balaban J connectivity index is 0.00000208. The fourth-order valence-electron chi connectivity index (χ4n) is 2.12. The fraction of sp³-hybridized carbons (Fsp3) is 0.250. The minimum atomic E-state index is 0. The van der Waals surface area contributed by atoms with Crippen LogP contribution in [0.4, 0.5) is 0 Å². The molecular weight excluding hydrogens is 330 g/mol. The largest absolute Gasteiger partial charge is 1.00 e. The summed E-state index contributed by atoms with van der Waals surface area (Å²) in [6.45, 7) is 2.95.